The summed E-state index contributed by atoms with van der Waals surface area (Å²) in [6, 6.07) is 14.7. The number of fused-ring (bicyclic) bond motifs is 1. The fraction of sp³-hybridized carbons (Fsp3) is 0.385. The highest BCUT2D eigenvalue weighted by molar-refractivity contribution is 5.89. The fourth-order valence-electron chi connectivity index (χ4n) is 3.80. The van der Waals surface area contributed by atoms with Crippen LogP contribution in [-0.4, -0.2) is 71.0 Å². The van der Waals surface area contributed by atoms with Crippen molar-refractivity contribution in [2.24, 2.45) is 5.92 Å². The van der Waals surface area contributed by atoms with Gasteiger partial charge in [-0.05, 0) is 62.6 Å². The Balaban J connectivity index is 1.36. The van der Waals surface area contributed by atoms with Crippen LogP contribution in [0.15, 0.2) is 42.7 Å². The summed E-state index contributed by atoms with van der Waals surface area (Å²) in [5, 5.41) is 0.790. The first kappa shape index (κ1) is 23.3. The van der Waals surface area contributed by atoms with Crippen molar-refractivity contribution in [3.05, 3.63) is 53.3 Å². The number of carbonyl (C=O) groups excluding carboxylic acids is 1. The number of likely N-dealkylation sites (tertiary alicyclic amines) is 1. The van der Waals surface area contributed by atoms with Crippen molar-refractivity contribution in [2.45, 2.75) is 19.3 Å². The maximum absolute atomic E-state index is 12.4. The number of aromatic nitrogens is 3. The van der Waals surface area contributed by atoms with Crippen molar-refractivity contribution in [3.63, 3.8) is 0 Å². The number of hydrogen-bond donors (Lipinski definition) is 1. The molecular formula is C26H29N6O2+. The molecule has 1 saturated heterocycles. The van der Waals surface area contributed by atoms with E-state index in [4.69, 9.17) is 4.74 Å². The normalized spacial score (nSPS) is 15.0. The molecule has 1 aromatic carbocycles. The van der Waals surface area contributed by atoms with E-state index in [0.717, 1.165) is 42.8 Å². The summed E-state index contributed by atoms with van der Waals surface area (Å²) in [4.78, 5) is 32.7. The highest BCUT2D eigenvalue weighted by Gasteiger charge is 2.27. The first-order valence-electron chi connectivity index (χ1n) is 11.5. The van der Waals surface area contributed by atoms with Gasteiger partial charge in [0.25, 0.3) is 0 Å². The van der Waals surface area contributed by atoms with Gasteiger partial charge < -0.3 is 19.5 Å². The zero-order chi connectivity index (χ0) is 23.8. The Morgan fingerprint density at radius 1 is 1.29 bits per heavy atom. The van der Waals surface area contributed by atoms with Crippen LogP contribution in [0, 0.1) is 23.8 Å². The van der Waals surface area contributed by atoms with Crippen LogP contribution in [-0.2, 0) is 4.79 Å². The molecule has 1 aliphatic rings. The van der Waals surface area contributed by atoms with Crippen LogP contribution in [0.25, 0.3) is 15.9 Å². The summed E-state index contributed by atoms with van der Waals surface area (Å²) in [5.41, 5.74) is 1.40. The Labute approximate surface area is 199 Å². The first-order chi connectivity index (χ1) is 16.6. The van der Waals surface area contributed by atoms with E-state index < -0.39 is 0 Å². The lowest BCUT2D eigenvalue weighted by Gasteiger charge is -2.16. The number of nitrogens with one attached hydrogen (secondary N) is 1. The molecule has 0 bridgehead atoms. The van der Waals surface area contributed by atoms with Crippen LogP contribution in [0.2, 0.25) is 0 Å². The standard InChI is InChI=1S/C26H29N6O2/c1-31(2)13-6-11-24(33)32-14-12-20(18-32)17-27-25-23-16-21(30-26(23)29-19-28-25)8-7-15-34-22-9-4-3-5-10-22/h3-5,9-10,16,19-20H,6,11-15,18H2,1-2H3,(H,28,29,30)/q+1. The molecule has 1 unspecified atom stereocenters. The number of carbonyl (C=O) groups is 1. The third-order valence-electron chi connectivity index (χ3n) is 5.57. The van der Waals surface area contributed by atoms with Gasteiger partial charge in [-0.3, -0.25) is 4.79 Å². The van der Waals surface area contributed by atoms with E-state index in [-0.39, 0.29) is 18.4 Å². The van der Waals surface area contributed by atoms with Crippen LogP contribution in [0.1, 0.15) is 25.0 Å². The minimum atomic E-state index is 0.108. The molecule has 34 heavy (non-hydrogen) atoms. The van der Waals surface area contributed by atoms with Crippen molar-refractivity contribution < 1.29 is 9.53 Å². The van der Waals surface area contributed by atoms with Gasteiger partial charge in [0.1, 0.15) is 17.7 Å². The van der Waals surface area contributed by atoms with E-state index in [1.165, 1.54) is 6.33 Å². The molecule has 0 spiro atoms. The Bertz CT molecular complexity index is 1250. The van der Waals surface area contributed by atoms with Crippen molar-refractivity contribution >= 4 is 22.8 Å². The Hall–Kier alpha value is -3.88. The van der Waals surface area contributed by atoms with Gasteiger partial charge >= 0.3 is 5.82 Å². The third-order valence-corrected chi connectivity index (χ3v) is 5.57. The lowest BCUT2D eigenvalue weighted by molar-refractivity contribution is -0.130. The molecule has 8 nitrogen and oxygen atoms in total. The van der Waals surface area contributed by atoms with E-state index in [2.05, 4.69) is 42.6 Å². The molecule has 1 aliphatic heterocycles. The van der Waals surface area contributed by atoms with E-state index in [9.17, 15) is 4.79 Å². The number of amides is 1. The van der Waals surface area contributed by atoms with Crippen LogP contribution >= 0.6 is 0 Å². The predicted molar refractivity (Wildman–Crippen MR) is 132 cm³/mol. The third kappa shape index (κ3) is 6.34. The minimum Gasteiger partial charge on any atom is -0.481 e. The predicted octanol–water partition coefficient (Wildman–Crippen LogP) is 3.54. The second-order valence-corrected chi connectivity index (χ2v) is 8.52. The summed E-state index contributed by atoms with van der Waals surface area (Å²) >= 11 is 0. The molecule has 1 amide bonds. The molecule has 1 N–H and O–H groups in total. The average Bonchev–Trinajstić information content (AvgIpc) is 3.48. The lowest BCUT2D eigenvalue weighted by atomic mass is 10.1. The van der Waals surface area contributed by atoms with E-state index >= 15 is 0 Å². The molecular weight excluding hydrogens is 428 g/mol. The Morgan fingerprint density at radius 2 is 2.15 bits per heavy atom. The van der Waals surface area contributed by atoms with Gasteiger partial charge in [0, 0.05) is 19.5 Å². The van der Waals surface area contributed by atoms with Crippen molar-refractivity contribution in [2.75, 3.05) is 40.3 Å². The van der Waals surface area contributed by atoms with Gasteiger partial charge in [0.2, 0.25) is 12.2 Å². The Morgan fingerprint density at radius 3 is 2.97 bits per heavy atom. The number of benzene rings is 1. The van der Waals surface area contributed by atoms with Crippen molar-refractivity contribution in [3.8, 4) is 23.7 Å². The molecule has 3 heterocycles. The monoisotopic (exact) mass is 457 g/mol. The Kier molecular flexibility index (Phi) is 7.75. The van der Waals surface area contributed by atoms with Crippen LogP contribution in [0.4, 0.5) is 5.82 Å². The highest BCUT2D eigenvalue weighted by atomic mass is 16.5. The van der Waals surface area contributed by atoms with Gasteiger partial charge in [-0.2, -0.15) is 9.83 Å². The van der Waals surface area contributed by atoms with Gasteiger partial charge in [-0.1, -0.05) is 24.1 Å². The SMILES string of the molecule is CN(C)CCCC(=O)N1CCC(C#[N+]c2ncnc3[nH]c(C#CCOc4ccccc4)cc23)C1. The first-order valence-corrected chi connectivity index (χ1v) is 11.5. The molecule has 8 heteroatoms. The van der Waals surface area contributed by atoms with Crippen molar-refractivity contribution in [1.29, 1.82) is 0 Å². The summed E-state index contributed by atoms with van der Waals surface area (Å²) in [7, 11) is 4.04. The van der Waals surface area contributed by atoms with E-state index in [0.29, 0.717) is 24.4 Å². The van der Waals surface area contributed by atoms with Gasteiger partial charge in [0.15, 0.2) is 11.7 Å². The molecule has 0 radical (unpaired) electrons. The van der Waals surface area contributed by atoms with Crippen LogP contribution in [0.5, 0.6) is 5.75 Å². The number of nitrogens with zero attached hydrogens (tertiary/aromatic N) is 5. The summed E-state index contributed by atoms with van der Waals surface area (Å²) in [6.45, 7) is 2.62. The minimum absolute atomic E-state index is 0.108. The van der Waals surface area contributed by atoms with Crippen LogP contribution in [0.3, 0.4) is 0 Å². The highest BCUT2D eigenvalue weighted by Crippen LogP contribution is 2.24. The van der Waals surface area contributed by atoms with Gasteiger partial charge in [-0.15, -0.1) is 0 Å². The number of H-pyrrole nitrogens is 1. The van der Waals surface area contributed by atoms with Gasteiger partial charge in [0.05, 0.1) is 11.6 Å². The largest absolute Gasteiger partial charge is 0.481 e. The zero-order valence-electron chi connectivity index (χ0n) is 19.6. The summed E-state index contributed by atoms with van der Waals surface area (Å²) < 4.78 is 5.60. The average molecular weight is 458 g/mol. The molecule has 3 aromatic rings. The maximum Gasteiger partial charge on any atom is 0.438 e. The summed E-state index contributed by atoms with van der Waals surface area (Å²) in [5.74, 6) is 7.72. The number of rotatable bonds is 6. The molecule has 174 valence electrons. The lowest BCUT2D eigenvalue weighted by Crippen LogP contribution is -2.29. The molecule has 4 rings (SSSR count). The van der Waals surface area contributed by atoms with E-state index in [1.54, 1.807) is 0 Å². The number of para-hydroxylation sites is 1. The van der Waals surface area contributed by atoms with Crippen LogP contribution < -0.4 is 4.74 Å². The number of aromatic amines is 1. The fourth-order valence-corrected chi connectivity index (χ4v) is 3.80. The molecule has 1 atom stereocenters. The topological polar surface area (TPSA) is 78.7 Å². The maximum atomic E-state index is 12.4. The second kappa shape index (κ2) is 11.3. The van der Waals surface area contributed by atoms with E-state index in [1.807, 2.05) is 55.4 Å². The second-order valence-electron chi connectivity index (χ2n) is 8.52. The number of ether oxygens (including phenoxy) is 1. The molecule has 2 aromatic heterocycles. The van der Waals surface area contributed by atoms with Crippen molar-refractivity contribution in [1.82, 2.24) is 24.8 Å². The zero-order valence-corrected chi connectivity index (χ0v) is 19.6. The smallest absolute Gasteiger partial charge is 0.438 e. The number of hydrogen-bond acceptors (Lipinski definition) is 5. The quantitative estimate of drug-likeness (QED) is 0.573. The molecule has 0 saturated carbocycles. The van der Waals surface area contributed by atoms with Gasteiger partial charge in [-0.25, -0.2) is 0 Å². The molecule has 1 fully saturated rings. The molecule has 0 aliphatic carbocycles. The summed E-state index contributed by atoms with van der Waals surface area (Å²) in [6.07, 6.45) is 3.80.